The molecule has 1 rings (SSSR count). The molecule has 1 nitrogen and oxygen atoms in total. The average molecular weight is 251 g/mol. The van der Waals surface area contributed by atoms with Crippen LogP contribution < -0.4 is 5.32 Å². The van der Waals surface area contributed by atoms with Gasteiger partial charge in [-0.3, -0.25) is 0 Å². The number of unbranched alkanes of at least 4 members (excludes halogenated alkanes) is 1. The minimum absolute atomic E-state index is 0.118. The van der Waals surface area contributed by atoms with Crippen LogP contribution >= 0.6 is 0 Å². The molecule has 0 aromatic heterocycles. The van der Waals surface area contributed by atoms with Crippen molar-refractivity contribution in [2.24, 2.45) is 5.92 Å². The summed E-state index contributed by atoms with van der Waals surface area (Å²) >= 11 is 0. The fourth-order valence-corrected chi connectivity index (χ4v) is 2.28. The van der Waals surface area contributed by atoms with Gasteiger partial charge in [-0.05, 0) is 80.9 Å². The lowest BCUT2D eigenvalue weighted by Crippen LogP contribution is -2.20. The van der Waals surface area contributed by atoms with Crippen molar-refractivity contribution in [1.82, 2.24) is 5.32 Å². The minimum Gasteiger partial charge on any atom is -0.316 e. The van der Waals surface area contributed by atoms with Gasteiger partial charge in [-0.25, -0.2) is 4.39 Å². The molecule has 0 aliphatic heterocycles. The van der Waals surface area contributed by atoms with Gasteiger partial charge in [0.25, 0.3) is 0 Å². The predicted octanol–water partition coefficient (Wildman–Crippen LogP) is 4.01. The van der Waals surface area contributed by atoms with Gasteiger partial charge in [-0.15, -0.1) is 0 Å². The molecule has 0 aliphatic carbocycles. The summed E-state index contributed by atoms with van der Waals surface area (Å²) in [5, 5.41) is 3.45. The summed E-state index contributed by atoms with van der Waals surface area (Å²) in [5.41, 5.74) is 3.49. The topological polar surface area (TPSA) is 12.0 Å². The third kappa shape index (κ3) is 5.18. The summed E-state index contributed by atoms with van der Waals surface area (Å²) in [6.07, 6.45) is 3.41. The Morgan fingerprint density at radius 2 is 1.72 bits per heavy atom. The SMILES string of the molecule is Cc1cc(F)cc(C)c1CCCCNCC(C)C. The molecule has 1 aromatic rings. The van der Waals surface area contributed by atoms with Crippen LogP contribution in [0.25, 0.3) is 0 Å². The second-order valence-electron chi connectivity index (χ2n) is 5.57. The fraction of sp³-hybridized carbons (Fsp3) is 0.625. The van der Waals surface area contributed by atoms with E-state index in [1.165, 1.54) is 18.4 Å². The van der Waals surface area contributed by atoms with Gasteiger partial charge in [-0.1, -0.05) is 13.8 Å². The van der Waals surface area contributed by atoms with Crippen molar-refractivity contribution in [3.05, 3.63) is 34.6 Å². The van der Waals surface area contributed by atoms with E-state index in [1.54, 1.807) is 12.1 Å². The summed E-state index contributed by atoms with van der Waals surface area (Å²) in [6, 6.07) is 3.28. The summed E-state index contributed by atoms with van der Waals surface area (Å²) in [4.78, 5) is 0. The molecule has 102 valence electrons. The van der Waals surface area contributed by atoms with Crippen molar-refractivity contribution in [3.63, 3.8) is 0 Å². The normalized spacial score (nSPS) is 11.2. The van der Waals surface area contributed by atoms with Gasteiger partial charge in [0.05, 0.1) is 0 Å². The van der Waals surface area contributed by atoms with E-state index in [2.05, 4.69) is 19.2 Å². The average Bonchev–Trinajstić information content (AvgIpc) is 2.25. The van der Waals surface area contributed by atoms with Gasteiger partial charge >= 0.3 is 0 Å². The molecule has 0 amide bonds. The molecule has 0 spiro atoms. The molecule has 0 unspecified atom stereocenters. The predicted molar refractivity (Wildman–Crippen MR) is 76.5 cm³/mol. The highest BCUT2D eigenvalue weighted by atomic mass is 19.1. The highest BCUT2D eigenvalue weighted by Crippen LogP contribution is 2.18. The zero-order valence-corrected chi connectivity index (χ0v) is 12.1. The lowest BCUT2D eigenvalue weighted by molar-refractivity contribution is 0.535. The first-order valence-corrected chi connectivity index (χ1v) is 6.97. The summed E-state index contributed by atoms with van der Waals surface area (Å²) in [6.45, 7) is 10.6. The number of hydrogen-bond donors (Lipinski definition) is 1. The van der Waals surface area contributed by atoms with E-state index in [0.717, 1.165) is 30.6 Å². The van der Waals surface area contributed by atoms with Crippen LogP contribution in [0, 0.1) is 25.6 Å². The van der Waals surface area contributed by atoms with Crippen LogP contribution in [0.2, 0.25) is 0 Å². The molecule has 0 fully saturated rings. The van der Waals surface area contributed by atoms with Crippen LogP contribution in [-0.2, 0) is 6.42 Å². The van der Waals surface area contributed by atoms with Gasteiger partial charge in [-0.2, -0.15) is 0 Å². The van der Waals surface area contributed by atoms with Crippen molar-refractivity contribution in [1.29, 1.82) is 0 Å². The van der Waals surface area contributed by atoms with Crippen molar-refractivity contribution in [3.8, 4) is 0 Å². The molecule has 0 saturated carbocycles. The van der Waals surface area contributed by atoms with E-state index in [4.69, 9.17) is 0 Å². The summed E-state index contributed by atoms with van der Waals surface area (Å²) < 4.78 is 13.2. The zero-order valence-electron chi connectivity index (χ0n) is 12.1. The van der Waals surface area contributed by atoms with Crippen molar-refractivity contribution < 1.29 is 4.39 Å². The maximum Gasteiger partial charge on any atom is 0.123 e. The van der Waals surface area contributed by atoms with Crippen LogP contribution in [0.5, 0.6) is 0 Å². The van der Waals surface area contributed by atoms with Gasteiger partial charge in [0.15, 0.2) is 0 Å². The summed E-state index contributed by atoms with van der Waals surface area (Å²) in [7, 11) is 0. The Kier molecular flexibility index (Phi) is 6.34. The Bertz CT molecular complexity index is 348. The molecule has 2 heteroatoms. The molecule has 1 aromatic carbocycles. The first-order valence-electron chi connectivity index (χ1n) is 6.97. The standard InChI is InChI=1S/C16H26FN/c1-12(2)11-18-8-6-5-7-16-13(3)9-15(17)10-14(16)4/h9-10,12,18H,5-8,11H2,1-4H3. The highest BCUT2D eigenvalue weighted by molar-refractivity contribution is 5.34. The lowest BCUT2D eigenvalue weighted by atomic mass is 9.97. The smallest absolute Gasteiger partial charge is 0.123 e. The second kappa shape index (κ2) is 7.52. The maximum absolute atomic E-state index is 13.2. The van der Waals surface area contributed by atoms with Crippen molar-refractivity contribution in [2.75, 3.05) is 13.1 Å². The van der Waals surface area contributed by atoms with E-state index in [9.17, 15) is 4.39 Å². The van der Waals surface area contributed by atoms with Crippen LogP contribution in [0.1, 0.15) is 43.4 Å². The van der Waals surface area contributed by atoms with Crippen molar-refractivity contribution in [2.45, 2.75) is 47.0 Å². The Morgan fingerprint density at radius 3 is 2.28 bits per heavy atom. The van der Waals surface area contributed by atoms with Crippen LogP contribution in [-0.4, -0.2) is 13.1 Å². The first kappa shape index (κ1) is 15.2. The monoisotopic (exact) mass is 251 g/mol. The number of nitrogens with one attached hydrogen (secondary N) is 1. The minimum atomic E-state index is -0.118. The molecule has 0 radical (unpaired) electrons. The van der Waals surface area contributed by atoms with Crippen LogP contribution in [0.4, 0.5) is 4.39 Å². The molecule has 0 heterocycles. The van der Waals surface area contributed by atoms with E-state index in [-0.39, 0.29) is 5.82 Å². The zero-order chi connectivity index (χ0) is 13.5. The molecule has 0 bridgehead atoms. The molecule has 0 aliphatic rings. The van der Waals surface area contributed by atoms with Crippen LogP contribution in [0.3, 0.4) is 0 Å². The molecule has 18 heavy (non-hydrogen) atoms. The lowest BCUT2D eigenvalue weighted by Gasteiger charge is -2.11. The number of rotatable bonds is 7. The quantitative estimate of drug-likeness (QED) is 0.722. The Balaban J connectivity index is 2.31. The Morgan fingerprint density at radius 1 is 1.11 bits per heavy atom. The van der Waals surface area contributed by atoms with Gasteiger partial charge in [0.2, 0.25) is 0 Å². The molecular formula is C16H26FN. The maximum atomic E-state index is 13.2. The van der Waals surface area contributed by atoms with Gasteiger partial charge < -0.3 is 5.32 Å². The third-order valence-corrected chi connectivity index (χ3v) is 3.24. The van der Waals surface area contributed by atoms with E-state index in [0.29, 0.717) is 5.92 Å². The molecule has 0 atom stereocenters. The van der Waals surface area contributed by atoms with Gasteiger partial charge in [0.1, 0.15) is 5.82 Å². The van der Waals surface area contributed by atoms with E-state index in [1.807, 2.05) is 13.8 Å². The second-order valence-corrected chi connectivity index (χ2v) is 5.57. The first-order chi connectivity index (χ1) is 8.50. The fourth-order valence-electron chi connectivity index (χ4n) is 2.28. The third-order valence-electron chi connectivity index (χ3n) is 3.24. The van der Waals surface area contributed by atoms with Gasteiger partial charge in [0, 0.05) is 0 Å². The number of benzene rings is 1. The molecular weight excluding hydrogens is 225 g/mol. The van der Waals surface area contributed by atoms with Crippen LogP contribution in [0.15, 0.2) is 12.1 Å². The number of hydrogen-bond acceptors (Lipinski definition) is 1. The largest absolute Gasteiger partial charge is 0.316 e. The Labute approximate surface area is 111 Å². The van der Waals surface area contributed by atoms with E-state index < -0.39 is 0 Å². The highest BCUT2D eigenvalue weighted by Gasteiger charge is 2.04. The summed E-state index contributed by atoms with van der Waals surface area (Å²) in [5.74, 6) is 0.596. The molecule has 1 N–H and O–H groups in total. The molecule has 0 saturated heterocycles. The number of aryl methyl sites for hydroxylation is 2. The van der Waals surface area contributed by atoms with E-state index >= 15 is 0 Å². The Hall–Kier alpha value is -0.890. The number of halogens is 1. The van der Waals surface area contributed by atoms with Crippen molar-refractivity contribution >= 4 is 0 Å².